The van der Waals surface area contributed by atoms with Gasteiger partial charge in [0.2, 0.25) is 10.7 Å². The van der Waals surface area contributed by atoms with E-state index in [9.17, 15) is 9.59 Å². The van der Waals surface area contributed by atoms with Gasteiger partial charge in [0.05, 0.1) is 7.11 Å². The van der Waals surface area contributed by atoms with Crippen molar-refractivity contribution in [2.45, 2.75) is 0 Å². The summed E-state index contributed by atoms with van der Waals surface area (Å²) in [4.78, 5) is 24.7. The molecule has 0 atom stereocenters. The van der Waals surface area contributed by atoms with E-state index in [0.29, 0.717) is 26.5 Å². The zero-order chi connectivity index (χ0) is 17.7. The van der Waals surface area contributed by atoms with E-state index in [1.165, 1.54) is 15.7 Å². The Balaban J connectivity index is 2.18. The molecule has 8 nitrogen and oxygen atoms in total. The Morgan fingerprint density at radius 3 is 2.72 bits per heavy atom. The lowest BCUT2D eigenvalue weighted by Crippen LogP contribution is -2.22. The maximum absolute atomic E-state index is 12.5. The molecule has 1 aromatic carbocycles. The van der Waals surface area contributed by atoms with Crippen LogP contribution in [0, 0.1) is 0 Å². The molecule has 0 saturated heterocycles. The molecular formula is C15H10N4O4S2. The number of nitrogens with zero attached hydrogens (tertiary/aromatic N) is 2. The van der Waals surface area contributed by atoms with Crippen LogP contribution < -0.4 is 21.8 Å². The van der Waals surface area contributed by atoms with Gasteiger partial charge in [-0.3, -0.25) is 0 Å². The molecule has 0 fully saturated rings. The van der Waals surface area contributed by atoms with Gasteiger partial charge in [0.1, 0.15) is 21.0 Å². The number of nitrogens with one attached hydrogen (secondary N) is 1. The number of ether oxygens (including phenoxy) is 1. The average Bonchev–Trinajstić information content (AvgIpc) is 3.13. The third-order valence-electron chi connectivity index (χ3n) is 3.73. The van der Waals surface area contributed by atoms with Crippen LogP contribution in [0.4, 0.5) is 0 Å². The fourth-order valence-electron chi connectivity index (χ4n) is 2.63. The Bertz CT molecular complexity index is 1250. The van der Waals surface area contributed by atoms with Crippen molar-refractivity contribution >= 4 is 43.9 Å². The minimum atomic E-state index is -0.710. The number of thiazole rings is 1. The molecule has 0 aliphatic heterocycles. The number of H-pyrrole nitrogens is 1. The highest BCUT2D eigenvalue weighted by molar-refractivity contribution is 7.80. The van der Waals surface area contributed by atoms with Crippen LogP contribution in [-0.4, -0.2) is 26.7 Å². The molecule has 0 radical (unpaired) electrons. The van der Waals surface area contributed by atoms with Crippen LogP contribution in [-0.2, 0) is 0 Å². The number of hydrogen-bond donors (Lipinski definition) is 2. The van der Waals surface area contributed by atoms with E-state index in [-0.39, 0.29) is 16.3 Å². The minimum absolute atomic E-state index is 0.0820. The SMILES string of the molecule is COc1ccc(-c2c(C(N)=S)c(=O)oc3c2sc2n[nH]c(=O)n23)cc1. The molecule has 0 aliphatic rings. The molecule has 4 aromatic rings. The second-order valence-corrected chi connectivity index (χ2v) is 6.53. The second-order valence-electron chi connectivity index (χ2n) is 5.12. The number of aromatic amines is 1. The lowest BCUT2D eigenvalue weighted by molar-refractivity contribution is 0.415. The van der Waals surface area contributed by atoms with Crippen LogP contribution >= 0.6 is 23.6 Å². The minimum Gasteiger partial charge on any atom is -0.497 e. The van der Waals surface area contributed by atoms with Crippen LogP contribution in [0.2, 0.25) is 0 Å². The fourth-order valence-corrected chi connectivity index (χ4v) is 3.89. The maximum atomic E-state index is 12.5. The fraction of sp³-hybridized carbons (Fsp3) is 0.0667. The molecule has 0 saturated carbocycles. The molecule has 126 valence electrons. The number of thiocarbonyl (C=S) groups is 1. The van der Waals surface area contributed by atoms with Gasteiger partial charge in [-0.1, -0.05) is 35.7 Å². The third kappa shape index (κ3) is 2.26. The highest BCUT2D eigenvalue weighted by Gasteiger charge is 2.23. The third-order valence-corrected chi connectivity index (χ3v) is 4.97. The molecule has 0 spiro atoms. The molecule has 0 bridgehead atoms. The number of nitrogens with two attached hydrogens (primary N) is 1. The summed E-state index contributed by atoms with van der Waals surface area (Å²) >= 11 is 6.24. The quantitative estimate of drug-likeness (QED) is 0.522. The Morgan fingerprint density at radius 2 is 2.08 bits per heavy atom. The highest BCUT2D eigenvalue weighted by atomic mass is 32.1. The van der Waals surface area contributed by atoms with Crippen LogP contribution in [0.15, 0.2) is 38.3 Å². The largest absolute Gasteiger partial charge is 0.497 e. The predicted octanol–water partition coefficient (Wildman–Crippen LogP) is 1.50. The van der Waals surface area contributed by atoms with Gasteiger partial charge in [-0.2, -0.15) is 0 Å². The molecule has 25 heavy (non-hydrogen) atoms. The first kappa shape index (κ1) is 15.5. The second kappa shape index (κ2) is 5.53. The summed E-state index contributed by atoms with van der Waals surface area (Å²) in [6.45, 7) is 0. The molecule has 10 heteroatoms. The summed E-state index contributed by atoms with van der Waals surface area (Å²) < 4.78 is 12.2. The van der Waals surface area contributed by atoms with Gasteiger partial charge in [-0.25, -0.2) is 19.1 Å². The van der Waals surface area contributed by atoms with E-state index >= 15 is 0 Å². The van der Waals surface area contributed by atoms with E-state index < -0.39 is 11.3 Å². The van der Waals surface area contributed by atoms with Crippen LogP contribution in [0.5, 0.6) is 5.75 Å². The average molecular weight is 374 g/mol. The van der Waals surface area contributed by atoms with E-state index in [0.717, 1.165) is 0 Å². The summed E-state index contributed by atoms with van der Waals surface area (Å²) in [5.41, 5.74) is 5.96. The number of rotatable bonds is 3. The lowest BCUT2D eigenvalue weighted by Gasteiger charge is -2.09. The van der Waals surface area contributed by atoms with Gasteiger partial charge < -0.3 is 14.9 Å². The number of hydrogen-bond acceptors (Lipinski definition) is 7. The molecule has 4 rings (SSSR count). The van der Waals surface area contributed by atoms with Gasteiger partial charge in [-0.15, -0.1) is 5.10 Å². The van der Waals surface area contributed by atoms with Crippen molar-refractivity contribution in [2.75, 3.05) is 7.11 Å². The molecule has 0 amide bonds. The van der Waals surface area contributed by atoms with E-state index in [4.69, 9.17) is 27.1 Å². The van der Waals surface area contributed by atoms with Gasteiger partial charge in [0, 0.05) is 5.56 Å². The summed E-state index contributed by atoms with van der Waals surface area (Å²) in [6, 6.07) is 7.07. The molecule has 3 heterocycles. The van der Waals surface area contributed by atoms with E-state index in [1.54, 1.807) is 31.4 Å². The van der Waals surface area contributed by atoms with Crippen molar-refractivity contribution in [3.8, 4) is 16.9 Å². The molecule has 3 aromatic heterocycles. The number of benzene rings is 1. The highest BCUT2D eigenvalue weighted by Crippen LogP contribution is 2.35. The molecular weight excluding hydrogens is 364 g/mol. The summed E-state index contributed by atoms with van der Waals surface area (Å²) in [5, 5.41) is 6.24. The number of aromatic nitrogens is 3. The van der Waals surface area contributed by atoms with Gasteiger partial charge >= 0.3 is 11.3 Å². The molecule has 0 unspecified atom stereocenters. The molecule has 0 aliphatic carbocycles. The molecule has 3 N–H and O–H groups in total. The Kier molecular flexibility index (Phi) is 3.44. The number of fused-ring (bicyclic) bond motifs is 3. The smallest absolute Gasteiger partial charge is 0.351 e. The van der Waals surface area contributed by atoms with Crippen molar-refractivity contribution in [3.63, 3.8) is 0 Å². The topological polar surface area (TPSA) is 116 Å². The zero-order valence-corrected chi connectivity index (χ0v) is 14.4. The first-order valence-corrected chi connectivity index (χ1v) is 8.24. The van der Waals surface area contributed by atoms with Gasteiger partial charge in [0.15, 0.2) is 0 Å². The first-order chi connectivity index (χ1) is 12.0. The van der Waals surface area contributed by atoms with Crippen LogP contribution in [0.25, 0.3) is 26.5 Å². The number of methoxy groups -OCH3 is 1. The lowest BCUT2D eigenvalue weighted by atomic mass is 10.0. The standard InChI is InChI=1S/C15H10N4O4S2/c1-22-7-4-2-6(3-5-7)8-9(11(16)24)13(20)23-12-10(8)25-15-18-17-14(21)19(12)15/h2-5H,1H3,(H2,16,24)(H,17,21). The zero-order valence-electron chi connectivity index (χ0n) is 12.7. The van der Waals surface area contributed by atoms with Crippen molar-refractivity contribution < 1.29 is 9.15 Å². The summed E-state index contributed by atoms with van der Waals surface area (Å²) in [5.74, 6) is 0.664. The van der Waals surface area contributed by atoms with E-state index in [2.05, 4.69) is 10.2 Å². The summed E-state index contributed by atoms with van der Waals surface area (Å²) in [6.07, 6.45) is 0. The maximum Gasteiger partial charge on any atom is 0.351 e. The Morgan fingerprint density at radius 1 is 1.36 bits per heavy atom. The van der Waals surface area contributed by atoms with Gasteiger partial charge in [-0.05, 0) is 17.7 Å². The van der Waals surface area contributed by atoms with Crippen molar-refractivity contribution in [1.29, 1.82) is 0 Å². The van der Waals surface area contributed by atoms with E-state index in [1.807, 2.05) is 0 Å². The Labute approximate surface area is 148 Å². The first-order valence-electron chi connectivity index (χ1n) is 7.02. The van der Waals surface area contributed by atoms with Gasteiger partial charge in [0.25, 0.3) is 0 Å². The monoisotopic (exact) mass is 374 g/mol. The summed E-state index contributed by atoms with van der Waals surface area (Å²) in [7, 11) is 1.56. The van der Waals surface area contributed by atoms with Crippen molar-refractivity contribution in [2.24, 2.45) is 5.73 Å². The Hall–Kier alpha value is -2.98. The van der Waals surface area contributed by atoms with Crippen molar-refractivity contribution in [1.82, 2.24) is 14.6 Å². The van der Waals surface area contributed by atoms with Crippen molar-refractivity contribution in [3.05, 3.63) is 50.7 Å². The van der Waals surface area contributed by atoms with Crippen LogP contribution in [0.3, 0.4) is 0 Å². The van der Waals surface area contributed by atoms with Crippen LogP contribution in [0.1, 0.15) is 5.56 Å². The predicted molar refractivity (Wildman–Crippen MR) is 97.6 cm³/mol. The normalized spacial score (nSPS) is 11.2.